The fraction of sp³-hybridized carbons (Fsp3) is 0.200. The Bertz CT molecular complexity index is 477. The Morgan fingerprint density at radius 1 is 0.882 bits per heavy atom. The first-order valence-corrected chi connectivity index (χ1v) is 5.63. The molecule has 0 aromatic heterocycles. The lowest BCUT2D eigenvalue weighted by molar-refractivity contribution is -0.411. The lowest BCUT2D eigenvalue weighted by Crippen LogP contribution is -3.00. The quantitative estimate of drug-likeness (QED) is 0.751. The molecule has 2 rings (SSSR count). The second-order valence-electron chi connectivity index (χ2n) is 4.32. The summed E-state index contributed by atoms with van der Waals surface area (Å²) in [5, 5.41) is 0. The molecule has 0 saturated carbocycles. The highest BCUT2D eigenvalue weighted by Crippen LogP contribution is 2.20. The molecule has 1 atom stereocenters. The molecule has 0 bridgehead atoms. The average molecular weight is 248 g/mol. The summed E-state index contributed by atoms with van der Waals surface area (Å²) in [7, 11) is 0. The number of halogens is 1. The van der Waals surface area contributed by atoms with Crippen molar-refractivity contribution < 1.29 is 18.1 Å². The van der Waals surface area contributed by atoms with Gasteiger partial charge in [0, 0.05) is 11.1 Å². The molecule has 90 valence electrons. The second kappa shape index (κ2) is 5.85. The first-order chi connectivity index (χ1) is 7.68. The van der Waals surface area contributed by atoms with Crippen molar-refractivity contribution in [2.45, 2.75) is 19.9 Å². The predicted octanol–water partition coefficient (Wildman–Crippen LogP) is -0.361. The molecule has 0 aliphatic carbocycles. The van der Waals surface area contributed by atoms with Gasteiger partial charge in [0.2, 0.25) is 0 Å². The fourth-order valence-corrected chi connectivity index (χ4v) is 1.96. The Kier molecular flexibility index (Phi) is 4.73. The van der Waals surface area contributed by atoms with Gasteiger partial charge in [-0.05, 0) is 19.4 Å². The molecule has 0 spiro atoms. The van der Waals surface area contributed by atoms with Gasteiger partial charge in [-0.1, -0.05) is 54.1 Å². The minimum absolute atomic E-state index is 0. The molecule has 0 amide bonds. The zero-order valence-corrected chi connectivity index (χ0v) is 11.0. The van der Waals surface area contributed by atoms with Gasteiger partial charge in [0.25, 0.3) is 0 Å². The largest absolute Gasteiger partial charge is 1.00 e. The SMILES string of the molecule is Cc1ccc(C([NH3+])c2ccccc2C)cc1.[Cl-]. The van der Waals surface area contributed by atoms with Crippen LogP contribution in [0.4, 0.5) is 0 Å². The van der Waals surface area contributed by atoms with E-state index in [9.17, 15) is 0 Å². The van der Waals surface area contributed by atoms with Crippen molar-refractivity contribution in [3.63, 3.8) is 0 Å². The molecule has 1 unspecified atom stereocenters. The van der Waals surface area contributed by atoms with Gasteiger partial charge in [-0.15, -0.1) is 0 Å². The smallest absolute Gasteiger partial charge is 0.136 e. The third-order valence-corrected chi connectivity index (χ3v) is 3.04. The van der Waals surface area contributed by atoms with Crippen LogP contribution in [-0.4, -0.2) is 0 Å². The van der Waals surface area contributed by atoms with Crippen LogP contribution in [0.3, 0.4) is 0 Å². The monoisotopic (exact) mass is 247 g/mol. The standard InChI is InChI=1S/C15H17N.ClH/c1-11-7-9-13(10-8-11)15(16)14-6-4-3-5-12(14)2;/h3-10,15H,16H2,1-2H3;1H. The molecule has 2 aromatic rings. The van der Waals surface area contributed by atoms with Crippen molar-refractivity contribution in [2.24, 2.45) is 0 Å². The summed E-state index contributed by atoms with van der Waals surface area (Å²) in [6, 6.07) is 17.3. The summed E-state index contributed by atoms with van der Waals surface area (Å²) in [4.78, 5) is 0. The van der Waals surface area contributed by atoms with Gasteiger partial charge >= 0.3 is 0 Å². The zero-order valence-electron chi connectivity index (χ0n) is 10.3. The number of aryl methyl sites for hydroxylation is 2. The second-order valence-corrected chi connectivity index (χ2v) is 4.32. The van der Waals surface area contributed by atoms with Crippen LogP contribution in [0.25, 0.3) is 0 Å². The van der Waals surface area contributed by atoms with Crippen LogP contribution < -0.4 is 18.1 Å². The first-order valence-electron chi connectivity index (χ1n) is 5.63. The van der Waals surface area contributed by atoms with Gasteiger partial charge in [-0.3, -0.25) is 0 Å². The summed E-state index contributed by atoms with van der Waals surface area (Å²) in [5.74, 6) is 0. The van der Waals surface area contributed by atoms with Gasteiger partial charge in [0.15, 0.2) is 0 Å². The molecule has 0 aliphatic heterocycles. The maximum Gasteiger partial charge on any atom is 0.136 e. The average Bonchev–Trinajstić information content (AvgIpc) is 2.30. The van der Waals surface area contributed by atoms with Crippen molar-refractivity contribution in [3.8, 4) is 0 Å². The minimum Gasteiger partial charge on any atom is -1.00 e. The first kappa shape index (κ1) is 13.8. The summed E-state index contributed by atoms with van der Waals surface area (Å²) in [6.45, 7) is 4.25. The lowest BCUT2D eigenvalue weighted by Gasteiger charge is -2.12. The van der Waals surface area contributed by atoms with E-state index in [4.69, 9.17) is 0 Å². The van der Waals surface area contributed by atoms with E-state index >= 15 is 0 Å². The highest BCUT2D eigenvalue weighted by Gasteiger charge is 2.13. The molecule has 3 N–H and O–H groups in total. The van der Waals surface area contributed by atoms with E-state index in [1.54, 1.807) is 0 Å². The zero-order chi connectivity index (χ0) is 11.5. The Morgan fingerprint density at radius 3 is 2.06 bits per heavy atom. The van der Waals surface area contributed by atoms with Gasteiger partial charge < -0.3 is 18.1 Å². The fourth-order valence-electron chi connectivity index (χ4n) is 1.96. The van der Waals surface area contributed by atoms with Crippen molar-refractivity contribution in [3.05, 3.63) is 70.8 Å². The van der Waals surface area contributed by atoms with Gasteiger partial charge in [0.1, 0.15) is 6.04 Å². The Hall–Kier alpha value is -1.31. The Labute approximate surface area is 109 Å². The summed E-state index contributed by atoms with van der Waals surface area (Å²) >= 11 is 0. The van der Waals surface area contributed by atoms with Crippen molar-refractivity contribution in [1.29, 1.82) is 0 Å². The number of rotatable bonds is 2. The molecule has 0 saturated heterocycles. The predicted molar refractivity (Wildman–Crippen MR) is 67.1 cm³/mol. The van der Waals surface area contributed by atoms with Crippen LogP contribution in [0.5, 0.6) is 0 Å². The normalized spacial score (nSPS) is 11.7. The van der Waals surface area contributed by atoms with E-state index in [0.717, 1.165) is 0 Å². The molecule has 0 aliphatic rings. The number of quaternary nitrogens is 1. The summed E-state index contributed by atoms with van der Waals surface area (Å²) in [6.07, 6.45) is 0. The van der Waals surface area contributed by atoms with Crippen LogP contribution in [0.15, 0.2) is 48.5 Å². The number of benzene rings is 2. The van der Waals surface area contributed by atoms with Crippen molar-refractivity contribution >= 4 is 0 Å². The van der Waals surface area contributed by atoms with Crippen molar-refractivity contribution in [2.75, 3.05) is 0 Å². The molecule has 17 heavy (non-hydrogen) atoms. The van der Waals surface area contributed by atoms with Gasteiger partial charge in [0.05, 0.1) is 0 Å². The Balaban J connectivity index is 0.00000144. The van der Waals surface area contributed by atoms with Crippen molar-refractivity contribution in [1.82, 2.24) is 0 Å². The van der Waals surface area contributed by atoms with Crippen LogP contribution >= 0.6 is 0 Å². The Morgan fingerprint density at radius 2 is 1.47 bits per heavy atom. The molecule has 0 fully saturated rings. The molecule has 2 aromatic carbocycles. The number of hydrogen-bond donors (Lipinski definition) is 1. The van der Waals surface area contributed by atoms with Crippen LogP contribution in [-0.2, 0) is 0 Å². The van der Waals surface area contributed by atoms with E-state index in [1.165, 1.54) is 22.3 Å². The minimum atomic E-state index is 0. The van der Waals surface area contributed by atoms with E-state index in [1.807, 2.05) is 0 Å². The summed E-state index contributed by atoms with van der Waals surface area (Å²) in [5.41, 5.74) is 9.46. The number of hydrogen-bond acceptors (Lipinski definition) is 0. The third kappa shape index (κ3) is 3.09. The van der Waals surface area contributed by atoms with Crippen LogP contribution in [0.2, 0.25) is 0 Å². The summed E-state index contributed by atoms with van der Waals surface area (Å²) < 4.78 is 0. The van der Waals surface area contributed by atoms with E-state index in [0.29, 0.717) is 0 Å². The highest BCUT2D eigenvalue weighted by molar-refractivity contribution is 5.35. The van der Waals surface area contributed by atoms with E-state index in [2.05, 4.69) is 68.1 Å². The molecule has 1 nitrogen and oxygen atoms in total. The lowest BCUT2D eigenvalue weighted by atomic mass is 9.95. The third-order valence-electron chi connectivity index (χ3n) is 3.04. The molecule has 2 heteroatoms. The maximum atomic E-state index is 4.27. The van der Waals surface area contributed by atoms with Gasteiger partial charge in [-0.25, -0.2) is 0 Å². The van der Waals surface area contributed by atoms with Crippen LogP contribution in [0, 0.1) is 13.8 Å². The molecular formula is C15H18ClN. The van der Waals surface area contributed by atoms with Gasteiger partial charge in [-0.2, -0.15) is 0 Å². The molecule has 0 radical (unpaired) electrons. The van der Waals surface area contributed by atoms with Crippen LogP contribution in [0.1, 0.15) is 28.3 Å². The van der Waals surface area contributed by atoms with E-state index < -0.39 is 0 Å². The molecule has 0 heterocycles. The molecular weight excluding hydrogens is 230 g/mol. The maximum absolute atomic E-state index is 4.27. The highest BCUT2D eigenvalue weighted by atomic mass is 35.5. The topological polar surface area (TPSA) is 27.6 Å². The van der Waals surface area contributed by atoms with E-state index in [-0.39, 0.29) is 18.4 Å².